The van der Waals surface area contributed by atoms with E-state index in [0.29, 0.717) is 11.0 Å². The van der Waals surface area contributed by atoms with Crippen molar-refractivity contribution in [2.75, 3.05) is 10.7 Å². The molecule has 166 valence electrons. The fourth-order valence-corrected chi connectivity index (χ4v) is 4.90. The van der Waals surface area contributed by atoms with Crippen molar-refractivity contribution >= 4 is 23.4 Å². The lowest BCUT2D eigenvalue weighted by Crippen LogP contribution is -2.41. The number of benzene rings is 3. The summed E-state index contributed by atoms with van der Waals surface area (Å²) in [5.41, 5.74) is 7.93. The van der Waals surface area contributed by atoms with Crippen molar-refractivity contribution in [2.45, 2.75) is 30.3 Å². The number of hydrogen-bond donors (Lipinski definition) is 2. The molecule has 0 spiro atoms. The Balaban J connectivity index is 1.52. The fraction of sp³-hybridized carbons (Fsp3) is 0.160. The Labute approximate surface area is 195 Å². The molecule has 0 unspecified atom stereocenters. The number of halogens is 1. The molecule has 2 N–H and O–H groups in total. The second-order valence-electron chi connectivity index (χ2n) is 8.01. The van der Waals surface area contributed by atoms with Crippen LogP contribution in [0.25, 0.3) is 11.4 Å². The number of carbonyl (C=O) groups is 1. The van der Waals surface area contributed by atoms with Crippen LogP contribution in [-0.4, -0.2) is 26.0 Å². The molecule has 4 aromatic rings. The monoisotopic (exact) mass is 459 g/mol. The molecule has 8 heteroatoms. The largest absolute Gasteiger partial charge is 0.325 e. The molecular formula is C25H22FN5OS. The number of fused-ring (bicyclic) bond motifs is 1. The van der Waals surface area contributed by atoms with E-state index < -0.39 is 11.3 Å². The molecule has 2 heterocycles. The number of thioether (sulfide) groups is 1. The van der Waals surface area contributed by atoms with Gasteiger partial charge in [0.2, 0.25) is 11.1 Å². The molecule has 0 fully saturated rings. The number of hydrogen-bond acceptors (Lipinski definition) is 5. The molecule has 0 saturated carbocycles. The van der Waals surface area contributed by atoms with Gasteiger partial charge >= 0.3 is 0 Å². The molecule has 0 saturated heterocycles. The van der Waals surface area contributed by atoms with Crippen LogP contribution in [0.1, 0.15) is 22.7 Å². The first-order chi connectivity index (χ1) is 16.0. The Bertz CT molecular complexity index is 1310. The number of aromatic nitrogens is 3. The Kier molecular flexibility index (Phi) is 5.60. The molecule has 6 nitrogen and oxygen atoms in total. The van der Waals surface area contributed by atoms with Gasteiger partial charge in [0.1, 0.15) is 11.1 Å². The SMILES string of the molecule is Cc1ccc(C)c(NC(=O)[C@@H]2Sc3nnc(-c4ccccc4)n3N[C@H]2c2ccc(F)cc2)c1. The fourth-order valence-electron chi connectivity index (χ4n) is 3.82. The van der Waals surface area contributed by atoms with Crippen LogP contribution in [0.4, 0.5) is 10.1 Å². The van der Waals surface area contributed by atoms with Gasteiger partial charge in [0.25, 0.3) is 0 Å². The van der Waals surface area contributed by atoms with Gasteiger partial charge in [-0.2, -0.15) is 0 Å². The molecular weight excluding hydrogens is 437 g/mol. The Hall–Kier alpha value is -3.65. The first kappa shape index (κ1) is 21.2. The van der Waals surface area contributed by atoms with Gasteiger partial charge in [-0.05, 0) is 48.7 Å². The molecule has 2 atom stereocenters. The van der Waals surface area contributed by atoms with Crippen molar-refractivity contribution < 1.29 is 9.18 Å². The van der Waals surface area contributed by atoms with Crippen molar-refractivity contribution in [1.82, 2.24) is 14.9 Å². The lowest BCUT2D eigenvalue weighted by atomic mass is 10.0. The highest BCUT2D eigenvalue weighted by Gasteiger charge is 2.38. The number of rotatable bonds is 4. The van der Waals surface area contributed by atoms with E-state index in [4.69, 9.17) is 0 Å². The quantitative estimate of drug-likeness (QED) is 0.444. The van der Waals surface area contributed by atoms with Gasteiger partial charge in [-0.3, -0.25) is 4.79 Å². The number of amides is 1. The minimum absolute atomic E-state index is 0.161. The number of anilines is 1. The average Bonchev–Trinajstić information content (AvgIpc) is 3.25. The summed E-state index contributed by atoms with van der Waals surface area (Å²) in [4.78, 5) is 13.5. The molecule has 1 amide bonds. The first-order valence-electron chi connectivity index (χ1n) is 10.6. The summed E-state index contributed by atoms with van der Waals surface area (Å²) in [6.45, 7) is 3.95. The highest BCUT2D eigenvalue weighted by atomic mass is 32.2. The van der Waals surface area contributed by atoms with E-state index in [1.165, 1.54) is 23.9 Å². The number of aryl methyl sites for hydroxylation is 2. The molecule has 33 heavy (non-hydrogen) atoms. The molecule has 1 aliphatic heterocycles. The summed E-state index contributed by atoms with van der Waals surface area (Å²) < 4.78 is 15.4. The van der Waals surface area contributed by atoms with Crippen LogP contribution in [0.5, 0.6) is 0 Å². The summed E-state index contributed by atoms with van der Waals surface area (Å²) in [6, 6.07) is 21.4. The third kappa shape index (κ3) is 4.21. The Morgan fingerprint density at radius 3 is 2.55 bits per heavy atom. The van der Waals surface area contributed by atoms with Crippen molar-refractivity contribution in [1.29, 1.82) is 0 Å². The number of nitrogens with one attached hydrogen (secondary N) is 2. The highest BCUT2D eigenvalue weighted by molar-refractivity contribution is 8.00. The maximum absolute atomic E-state index is 13.6. The molecule has 3 aromatic carbocycles. The van der Waals surface area contributed by atoms with Gasteiger partial charge in [-0.15, -0.1) is 10.2 Å². The molecule has 1 aliphatic rings. The first-order valence-corrected chi connectivity index (χ1v) is 11.5. The smallest absolute Gasteiger partial charge is 0.240 e. The van der Waals surface area contributed by atoms with Crippen molar-refractivity contribution in [2.24, 2.45) is 0 Å². The van der Waals surface area contributed by atoms with Crippen LogP contribution in [0.3, 0.4) is 0 Å². The maximum atomic E-state index is 13.6. The zero-order chi connectivity index (χ0) is 22.9. The van der Waals surface area contributed by atoms with Crippen LogP contribution in [0.2, 0.25) is 0 Å². The number of carbonyl (C=O) groups excluding carboxylic acids is 1. The van der Waals surface area contributed by atoms with Crippen LogP contribution in [-0.2, 0) is 4.79 Å². The van der Waals surface area contributed by atoms with Gasteiger partial charge in [0.15, 0.2) is 5.82 Å². The van der Waals surface area contributed by atoms with Gasteiger partial charge in [0, 0.05) is 11.3 Å². The van der Waals surface area contributed by atoms with E-state index in [2.05, 4.69) is 20.9 Å². The third-order valence-corrected chi connectivity index (χ3v) is 6.82. The minimum atomic E-state index is -0.546. The molecule has 0 bridgehead atoms. The predicted octanol–water partition coefficient (Wildman–Crippen LogP) is 5.10. The Morgan fingerprint density at radius 1 is 1.03 bits per heavy atom. The van der Waals surface area contributed by atoms with E-state index in [0.717, 1.165) is 27.9 Å². The molecule has 5 rings (SSSR count). The van der Waals surface area contributed by atoms with Gasteiger partial charge in [0.05, 0.1) is 6.04 Å². The zero-order valence-corrected chi connectivity index (χ0v) is 18.9. The van der Waals surface area contributed by atoms with E-state index in [1.807, 2.05) is 62.4 Å². The Morgan fingerprint density at radius 2 is 1.79 bits per heavy atom. The normalized spacial score (nSPS) is 17.2. The van der Waals surface area contributed by atoms with Crippen molar-refractivity contribution in [3.63, 3.8) is 0 Å². The second kappa shape index (κ2) is 8.71. The van der Waals surface area contributed by atoms with Gasteiger partial charge < -0.3 is 10.7 Å². The van der Waals surface area contributed by atoms with E-state index in [9.17, 15) is 9.18 Å². The maximum Gasteiger partial charge on any atom is 0.240 e. The molecule has 0 aliphatic carbocycles. The van der Waals surface area contributed by atoms with E-state index in [-0.39, 0.29) is 11.7 Å². The van der Waals surface area contributed by atoms with E-state index in [1.54, 1.807) is 16.8 Å². The van der Waals surface area contributed by atoms with Crippen molar-refractivity contribution in [3.05, 3.63) is 95.3 Å². The zero-order valence-electron chi connectivity index (χ0n) is 18.1. The minimum Gasteiger partial charge on any atom is -0.325 e. The van der Waals surface area contributed by atoms with Gasteiger partial charge in [-0.1, -0.05) is 66.4 Å². The average molecular weight is 460 g/mol. The third-order valence-electron chi connectivity index (χ3n) is 5.61. The summed E-state index contributed by atoms with van der Waals surface area (Å²) in [7, 11) is 0. The molecule has 1 aromatic heterocycles. The second-order valence-corrected chi connectivity index (χ2v) is 9.12. The van der Waals surface area contributed by atoms with Crippen LogP contribution in [0.15, 0.2) is 78.0 Å². The summed E-state index contributed by atoms with van der Waals surface area (Å²) in [5.74, 6) is 0.165. The van der Waals surface area contributed by atoms with Crippen LogP contribution in [0, 0.1) is 19.7 Å². The highest BCUT2D eigenvalue weighted by Crippen LogP contribution is 2.39. The topological polar surface area (TPSA) is 71.8 Å². The standard InChI is InChI=1S/C25H22FN5OS/c1-15-8-9-16(2)20(14-15)27-24(32)22-21(17-10-12-19(26)13-11-17)30-31-23(28-29-25(31)33-22)18-6-4-3-5-7-18/h3-14,21-22,30H,1-2H3,(H,27,32)/t21-,22+/m0/s1. The van der Waals surface area contributed by atoms with Crippen LogP contribution >= 0.6 is 11.8 Å². The summed E-state index contributed by atoms with van der Waals surface area (Å²) >= 11 is 1.34. The lowest BCUT2D eigenvalue weighted by molar-refractivity contribution is -0.116. The molecule has 0 radical (unpaired) electrons. The predicted molar refractivity (Wildman–Crippen MR) is 128 cm³/mol. The van der Waals surface area contributed by atoms with Crippen molar-refractivity contribution in [3.8, 4) is 11.4 Å². The summed E-state index contributed by atoms with van der Waals surface area (Å²) in [5, 5.41) is 11.8. The van der Waals surface area contributed by atoms with E-state index >= 15 is 0 Å². The lowest BCUT2D eigenvalue weighted by Gasteiger charge is -2.33. The number of nitrogens with zero attached hydrogens (tertiary/aromatic N) is 3. The summed E-state index contributed by atoms with van der Waals surface area (Å²) in [6.07, 6.45) is 0. The van der Waals surface area contributed by atoms with Crippen LogP contribution < -0.4 is 10.7 Å². The van der Waals surface area contributed by atoms with Gasteiger partial charge in [-0.25, -0.2) is 9.07 Å².